The van der Waals surface area contributed by atoms with E-state index in [0.717, 1.165) is 4.88 Å². The van der Waals surface area contributed by atoms with Gasteiger partial charge in [0.2, 0.25) is 0 Å². The van der Waals surface area contributed by atoms with E-state index in [-0.39, 0.29) is 29.2 Å². The van der Waals surface area contributed by atoms with Crippen molar-refractivity contribution in [3.63, 3.8) is 0 Å². The highest BCUT2D eigenvalue weighted by Crippen LogP contribution is 2.40. The first kappa shape index (κ1) is 28.7. The number of esters is 2. The number of nitrogens with one attached hydrogen (secondary N) is 1. The average molecular weight is 542 g/mol. The molecule has 38 heavy (non-hydrogen) atoms. The van der Waals surface area contributed by atoms with E-state index in [1.54, 1.807) is 19.9 Å². The number of thiophene rings is 1. The van der Waals surface area contributed by atoms with Gasteiger partial charge in [-0.15, -0.1) is 11.3 Å². The first-order valence-corrected chi connectivity index (χ1v) is 13.0. The van der Waals surface area contributed by atoms with Gasteiger partial charge in [-0.1, -0.05) is 18.2 Å². The molecule has 0 radical (unpaired) electrons. The number of nitro groups is 1. The Balaban J connectivity index is 1.69. The van der Waals surface area contributed by atoms with Gasteiger partial charge in [0.15, 0.2) is 5.78 Å². The number of ether oxygens (including phenoxy) is 2. The van der Waals surface area contributed by atoms with E-state index < -0.39 is 22.8 Å². The molecule has 0 amide bonds. The van der Waals surface area contributed by atoms with Gasteiger partial charge < -0.3 is 19.7 Å². The molecule has 1 aliphatic heterocycles. The van der Waals surface area contributed by atoms with Gasteiger partial charge in [0.05, 0.1) is 34.0 Å². The van der Waals surface area contributed by atoms with Crippen LogP contribution in [0.5, 0.6) is 0 Å². The summed E-state index contributed by atoms with van der Waals surface area (Å²) < 4.78 is 10.6. The number of ketones is 1. The number of hydrogen-bond donors (Lipinski definition) is 1. The monoisotopic (exact) mass is 541 g/mol. The van der Waals surface area contributed by atoms with Crippen molar-refractivity contribution in [3.05, 3.63) is 84.9 Å². The van der Waals surface area contributed by atoms with E-state index in [1.807, 2.05) is 29.5 Å². The number of nitro benzene ring substituents is 1. The molecule has 0 aliphatic carbocycles. The molecule has 1 unspecified atom stereocenters. The van der Waals surface area contributed by atoms with Gasteiger partial charge in [0.1, 0.15) is 6.61 Å². The molecule has 2 heterocycles. The number of hydrogen-bond acceptors (Lipinski definition) is 10. The predicted octanol–water partition coefficient (Wildman–Crippen LogP) is 4.20. The fourth-order valence-electron chi connectivity index (χ4n) is 4.35. The number of allylic oxidation sites excluding steroid dienone is 2. The summed E-state index contributed by atoms with van der Waals surface area (Å²) in [5.74, 6) is -2.08. The molecular formula is C27H31N3O7S. The Hall–Kier alpha value is -3.83. The summed E-state index contributed by atoms with van der Waals surface area (Å²) >= 11 is 1.43. The number of carbonyl (C=O) groups excluding carboxylic acids is 3. The van der Waals surface area contributed by atoms with E-state index >= 15 is 0 Å². The highest BCUT2D eigenvalue weighted by atomic mass is 32.1. The maximum atomic E-state index is 13.3. The number of non-ortho nitro benzene ring substituents is 1. The lowest BCUT2D eigenvalue weighted by molar-refractivity contribution is -0.384. The number of rotatable bonds is 12. The molecule has 0 saturated heterocycles. The van der Waals surface area contributed by atoms with E-state index in [0.29, 0.717) is 42.9 Å². The molecule has 1 aromatic carbocycles. The summed E-state index contributed by atoms with van der Waals surface area (Å²) in [5.41, 5.74) is 1.57. The molecule has 1 aromatic heterocycles. The topological polar surface area (TPSA) is 128 Å². The minimum atomic E-state index is -0.905. The zero-order valence-corrected chi connectivity index (χ0v) is 22.6. The molecule has 1 atom stereocenters. The molecule has 0 spiro atoms. The van der Waals surface area contributed by atoms with Crippen molar-refractivity contribution < 1.29 is 28.8 Å². The maximum absolute atomic E-state index is 13.3. The Morgan fingerprint density at radius 3 is 2.42 bits per heavy atom. The van der Waals surface area contributed by atoms with Crippen LogP contribution in [0, 0.1) is 10.1 Å². The van der Waals surface area contributed by atoms with E-state index in [1.165, 1.54) is 36.6 Å². The van der Waals surface area contributed by atoms with Gasteiger partial charge in [0.25, 0.3) is 5.69 Å². The second-order valence-corrected chi connectivity index (χ2v) is 9.87. The lowest BCUT2D eigenvalue weighted by Crippen LogP contribution is -2.33. The number of benzene rings is 1. The van der Waals surface area contributed by atoms with Crippen molar-refractivity contribution in [2.24, 2.45) is 0 Å². The number of carbonyl (C=O) groups is 3. The van der Waals surface area contributed by atoms with Crippen LogP contribution in [0.25, 0.3) is 0 Å². The minimum Gasteiger partial charge on any atom is -0.466 e. The lowest BCUT2D eigenvalue weighted by Gasteiger charge is -2.30. The molecule has 202 valence electrons. The molecule has 2 aromatic rings. The summed E-state index contributed by atoms with van der Waals surface area (Å²) in [5, 5.41) is 16.3. The number of Topliss-reactive ketones (excluding diaryl/α,β-unsaturated/α-hetero) is 1. The van der Waals surface area contributed by atoms with Crippen molar-refractivity contribution in [2.75, 3.05) is 33.9 Å². The second kappa shape index (κ2) is 13.1. The van der Waals surface area contributed by atoms with E-state index in [2.05, 4.69) is 5.32 Å². The van der Waals surface area contributed by atoms with E-state index in [4.69, 9.17) is 9.47 Å². The number of methoxy groups -OCH3 is 1. The van der Waals surface area contributed by atoms with Crippen LogP contribution in [-0.2, 0) is 19.1 Å². The van der Waals surface area contributed by atoms with Crippen LogP contribution in [0.1, 0.15) is 47.8 Å². The standard InChI is InChI=1S/C27H31N3O7S/c1-17-23(26(32)36-4)25(19-8-5-9-20(16-19)30(34)35)24(18(2)28-17)27(33)37-14-13-29(3)12-6-10-21(31)22-11-7-15-38-22/h5,7-9,11,15-16,25,28H,6,10,12-14H2,1-4H3. The summed E-state index contributed by atoms with van der Waals surface area (Å²) in [6, 6.07) is 9.50. The SMILES string of the molecule is COC(=O)C1=C(C)NC(C)=C(C(=O)OCCN(C)CCCC(=O)c2cccs2)C1c1cccc([N+](=O)[O-])c1. The normalized spacial score (nSPS) is 15.3. The smallest absolute Gasteiger partial charge is 0.336 e. The van der Waals surface area contributed by atoms with Crippen molar-refractivity contribution in [1.29, 1.82) is 0 Å². The molecule has 0 fully saturated rings. The number of nitrogens with zero attached hydrogens (tertiary/aromatic N) is 2. The third-order valence-corrected chi connectivity index (χ3v) is 7.16. The summed E-state index contributed by atoms with van der Waals surface area (Å²) in [6.07, 6.45) is 1.12. The van der Waals surface area contributed by atoms with Gasteiger partial charge in [0, 0.05) is 36.5 Å². The van der Waals surface area contributed by atoms with Crippen molar-refractivity contribution in [2.45, 2.75) is 32.6 Å². The Bertz CT molecular complexity index is 1270. The molecular weight excluding hydrogens is 510 g/mol. The van der Waals surface area contributed by atoms with Crippen LogP contribution in [0.15, 0.2) is 64.3 Å². The molecule has 0 saturated carbocycles. The molecule has 0 bridgehead atoms. The van der Waals surface area contributed by atoms with Gasteiger partial charge in [-0.25, -0.2) is 9.59 Å². The largest absolute Gasteiger partial charge is 0.466 e. The molecule has 1 aliphatic rings. The summed E-state index contributed by atoms with van der Waals surface area (Å²) in [6.45, 7) is 4.56. The highest BCUT2D eigenvalue weighted by molar-refractivity contribution is 7.12. The van der Waals surface area contributed by atoms with Crippen LogP contribution in [0.2, 0.25) is 0 Å². The minimum absolute atomic E-state index is 0.0862. The van der Waals surface area contributed by atoms with E-state index in [9.17, 15) is 24.5 Å². The Labute approximate surface area is 225 Å². The first-order valence-electron chi connectivity index (χ1n) is 12.1. The zero-order chi connectivity index (χ0) is 27.8. The van der Waals surface area contributed by atoms with Gasteiger partial charge in [-0.3, -0.25) is 14.9 Å². The van der Waals surface area contributed by atoms with Crippen LogP contribution in [0.4, 0.5) is 5.69 Å². The maximum Gasteiger partial charge on any atom is 0.336 e. The average Bonchev–Trinajstić information content (AvgIpc) is 3.43. The fraction of sp³-hybridized carbons (Fsp3) is 0.370. The van der Waals surface area contributed by atoms with Crippen molar-refractivity contribution in [1.82, 2.24) is 10.2 Å². The fourth-order valence-corrected chi connectivity index (χ4v) is 5.04. The van der Waals surface area contributed by atoms with Crippen LogP contribution in [-0.4, -0.2) is 61.4 Å². The Morgan fingerprint density at radius 2 is 1.79 bits per heavy atom. The molecule has 3 rings (SSSR count). The van der Waals surface area contributed by atoms with Gasteiger partial charge >= 0.3 is 11.9 Å². The third-order valence-electron chi connectivity index (χ3n) is 6.25. The third kappa shape index (κ3) is 6.93. The van der Waals surface area contributed by atoms with Crippen LogP contribution >= 0.6 is 11.3 Å². The van der Waals surface area contributed by atoms with Crippen LogP contribution in [0.3, 0.4) is 0 Å². The lowest BCUT2D eigenvalue weighted by atomic mass is 9.80. The molecule has 10 nitrogen and oxygen atoms in total. The Morgan fingerprint density at radius 1 is 1.08 bits per heavy atom. The second-order valence-electron chi connectivity index (χ2n) is 8.92. The number of likely N-dealkylation sites (N-methyl/N-ethyl adjacent to an activating group) is 1. The predicted molar refractivity (Wildman–Crippen MR) is 143 cm³/mol. The Kier molecular flexibility index (Phi) is 9.91. The highest BCUT2D eigenvalue weighted by Gasteiger charge is 2.38. The summed E-state index contributed by atoms with van der Waals surface area (Å²) in [4.78, 5) is 51.8. The number of dihydropyridines is 1. The van der Waals surface area contributed by atoms with Crippen molar-refractivity contribution >= 4 is 34.7 Å². The van der Waals surface area contributed by atoms with Gasteiger partial charge in [-0.2, -0.15) is 0 Å². The summed E-state index contributed by atoms with van der Waals surface area (Å²) in [7, 11) is 3.11. The quantitative estimate of drug-likeness (QED) is 0.182. The van der Waals surface area contributed by atoms with Crippen LogP contribution < -0.4 is 5.32 Å². The zero-order valence-electron chi connectivity index (χ0n) is 21.8. The van der Waals surface area contributed by atoms with Gasteiger partial charge in [-0.05, 0) is 50.9 Å². The molecule has 11 heteroatoms. The first-order chi connectivity index (χ1) is 18.1. The molecule has 1 N–H and O–H groups in total. The van der Waals surface area contributed by atoms with Crippen molar-refractivity contribution in [3.8, 4) is 0 Å².